The number of nitrogens with one attached hydrogen (secondary N) is 2. The summed E-state index contributed by atoms with van der Waals surface area (Å²) in [5.74, 6) is 1.68. The average molecular weight is 395 g/mol. The maximum Gasteiger partial charge on any atom is 0.191 e. The van der Waals surface area contributed by atoms with Gasteiger partial charge in [-0.3, -0.25) is 9.89 Å². The SMILES string of the molecule is CCN(CC)C(CNC(=NC)NCCCOCCOC)c1cccc(OC)c1. The van der Waals surface area contributed by atoms with Crippen molar-refractivity contribution >= 4 is 5.96 Å². The molecule has 0 aliphatic carbocycles. The molecule has 7 heteroatoms. The highest BCUT2D eigenvalue weighted by Gasteiger charge is 2.19. The van der Waals surface area contributed by atoms with Crippen molar-refractivity contribution in [2.24, 2.45) is 4.99 Å². The van der Waals surface area contributed by atoms with E-state index in [-0.39, 0.29) is 6.04 Å². The van der Waals surface area contributed by atoms with Gasteiger partial charge in [0.15, 0.2) is 5.96 Å². The molecular weight excluding hydrogens is 356 g/mol. The highest BCUT2D eigenvalue weighted by molar-refractivity contribution is 5.79. The van der Waals surface area contributed by atoms with Crippen LogP contribution in [0.3, 0.4) is 0 Å². The Balaban J connectivity index is 2.57. The lowest BCUT2D eigenvalue weighted by atomic mass is 10.0. The van der Waals surface area contributed by atoms with Crippen molar-refractivity contribution in [2.75, 3.05) is 67.3 Å². The summed E-state index contributed by atoms with van der Waals surface area (Å²) in [5, 5.41) is 6.81. The Kier molecular flexibility index (Phi) is 13.1. The van der Waals surface area contributed by atoms with Crippen molar-refractivity contribution in [2.45, 2.75) is 26.3 Å². The topological polar surface area (TPSA) is 67.4 Å². The second-order valence-corrected chi connectivity index (χ2v) is 6.35. The van der Waals surface area contributed by atoms with E-state index in [0.29, 0.717) is 19.8 Å². The second-order valence-electron chi connectivity index (χ2n) is 6.35. The third-order valence-corrected chi connectivity index (χ3v) is 4.61. The van der Waals surface area contributed by atoms with Gasteiger partial charge in [-0.05, 0) is 37.2 Å². The van der Waals surface area contributed by atoms with Gasteiger partial charge in [0.05, 0.1) is 26.4 Å². The lowest BCUT2D eigenvalue weighted by Gasteiger charge is -2.31. The summed E-state index contributed by atoms with van der Waals surface area (Å²) in [5.41, 5.74) is 1.23. The molecule has 1 atom stereocenters. The van der Waals surface area contributed by atoms with E-state index < -0.39 is 0 Å². The maximum atomic E-state index is 5.48. The van der Waals surface area contributed by atoms with Gasteiger partial charge >= 0.3 is 0 Å². The minimum Gasteiger partial charge on any atom is -0.497 e. The van der Waals surface area contributed by atoms with Crippen molar-refractivity contribution in [3.8, 4) is 5.75 Å². The zero-order valence-electron chi connectivity index (χ0n) is 18.2. The Bertz CT molecular complexity index is 550. The van der Waals surface area contributed by atoms with Crippen LogP contribution < -0.4 is 15.4 Å². The first-order valence-corrected chi connectivity index (χ1v) is 10.1. The number of benzene rings is 1. The van der Waals surface area contributed by atoms with E-state index >= 15 is 0 Å². The number of guanidine groups is 1. The lowest BCUT2D eigenvalue weighted by molar-refractivity contribution is 0.0698. The lowest BCUT2D eigenvalue weighted by Crippen LogP contribution is -2.43. The Morgan fingerprint density at radius 1 is 1.11 bits per heavy atom. The van der Waals surface area contributed by atoms with Crippen LogP contribution in [-0.4, -0.2) is 78.1 Å². The van der Waals surface area contributed by atoms with E-state index in [1.165, 1.54) is 5.56 Å². The fourth-order valence-corrected chi connectivity index (χ4v) is 3.01. The molecule has 0 radical (unpaired) electrons. The molecule has 1 aromatic carbocycles. The van der Waals surface area contributed by atoms with Gasteiger partial charge in [-0.1, -0.05) is 26.0 Å². The van der Waals surface area contributed by atoms with Gasteiger partial charge in [0.2, 0.25) is 0 Å². The number of hydrogen-bond acceptors (Lipinski definition) is 5. The van der Waals surface area contributed by atoms with Crippen LogP contribution >= 0.6 is 0 Å². The van der Waals surface area contributed by atoms with Crippen molar-refractivity contribution in [1.29, 1.82) is 0 Å². The van der Waals surface area contributed by atoms with Gasteiger partial charge in [0, 0.05) is 33.9 Å². The smallest absolute Gasteiger partial charge is 0.191 e. The molecule has 0 aliphatic heterocycles. The molecule has 0 heterocycles. The number of hydrogen-bond donors (Lipinski definition) is 2. The van der Waals surface area contributed by atoms with Crippen LogP contribution in [0.15, 0.2) is 29.3 Å². The first-order valence-electron chi connectivity index (χ1n) is 10.1. The Hall–Kier alpha value is -1.83. The molecule has 1 aromatic rings. The third kappa shape index (κ3) is 8.91. The van der Waals surface area contributed by atoms with Crippen LogP contribution in [0.5, 0.6) is 5.75 Å². The van der Waals surface area contributed by atoms with E-state index in [4.69, 9.17) is 14.2 Å². The number of ether oxygens (including phenoxy) is 3. The summed E-state index contributed by atoms with van der Waals surface area (Å²) < 4.78 is 15.9. The molecule has 1 rings (SSSR count). The van der Waals surface area contributed by atoms with Gasteiger partial charge in [-0.15, -0.1) is 0 Å². The molecule has 160 valence electrons. The summed E-state index contributed by atoms with van der Waals surface area (Å²) in [6, 6.07) is 8.52. The first-order chi connectivity index (χ1) is 13.7. The Morgan fingerprint density at radius 3 is 2.54 bits per heavy atom. The highest BCUT2D eigenvalue weighted by Crippen LogP contribution is 2.23. The molecule has 28 heavy (non-hydrogen) atoms. The fraction of sp³-hybridized carbons (Fsp3) is 0.667. The van der Waals surface area contributed by atoms with Gasteiger partial charge < -0.3 is 24.8 Å². The standard InChI is InChI=1S/C21H38N4O3/c1-6-25(7-2)20(18-10-8-11-19(16-18)27-5)17-24-21(22-3)23-12-9-13-28-15-14-26-4/h8,10-11,16,20H,6-7,9,12-15,17H2,1-5H3,(H2,22,23,24). The van der Waals surface area contributed by atoms with Crippen molar-refractivity contribution in [3.63, 3.8) is 0 Å². The zero-order chi connectivity index (χ0) is 20.6. The summed E-state index contributed by atoms with van der Waals surface area (Å²) in [6.45, 7) is 9.87. The molecule has 2 N–H and O–H groups in total. The number of nitrogens with zero attached hydrogens (tertiary/aromatic N) is 2. The summed E-state index contributed by atoms with van der Waals surface area (Å²) in [7, 11) is 5.18. The molecule has 0 saturated carbocycles. The van der Waals surface area contributed by atoms with E-state index in [0.717, 1.165) is 44.3 Å². The normalized spacial score (nSPS) is 12.9. The van der Waals surface area contributed by atoms with E-state index in [1.54, 1.807) is 21.3 Å². The summed E-state index contributed by atoms with van der Waals surface area (Å²) in [4.78, 5) is 6.77. The number of rotatable bonds is 14. The van der Waals surface area contributed by atoms with Gasteiger partial charge in [-0.25, -0.2) is 0 Å². The molecule has 0 saturated heterocycles. The first kappa shape index (κ1) is 24.2. The monoisotopic (exact) mass is 394 g/mol. The largest absolute Gasteiger partial charge is 0.497 e. The molecule has 0 bridgehead atoms. The minimum absolute atomic E-state index is 0.237. The van der Waals surface area contributed by atoms with E-state index in [9.17, 15) is 0 Å². The highest BCUT2D eigenvalue weighted by atomic mass is 16.5. The fourth-order valence-electron chi connectivity index (χ4n) is 3.01. The molecule has 1 unspecified atom stereocenters. The van der Waals surface area contributed by atoms with Crippen LogP contribution in [0.1, 0.15) is 31.9 Å². The van der Waals surface area contributed by atoms with Crippen molar-refractivity contribution in [1.82, 2.24) is 15.5 Å². The molecule has 0 spiro atoms. The number of aliphatic imine (C=N–C) groups is 1. The zero-order valence-corrected chi connectivity index (χ0v) is 18.2. The second kappa shape index (κ2) is 15.1. The van der Waals surface area contributed by atoms with Crippen molar-refractivity contribution < 1.29 is 14.2 Å². The van der Waals surface area contributed by atoms with Crippen LogP contribution in [0.4, 0.5) is 0 Å². The summed E-state index contributed by atoms with van der Waals surface area (Å²) >= 11 is 0. The molecule has 0 amide bonds. The Labute approximate surface area is 170 Å². The Morgan fingerprint density at radius 2 is 1.89 bits per heavy atom. The third-order valence-electron chi connectivity index (χ3n) is 4.61. The van der Waals surface area contributed by atoms with Gasteiger partial charge in [0.25, 0.3) is 0 Å². The predicted octanol–water partition coefficient (Wildman–Crippen LogP) is 2.30. The molecule has 0 aliphatic rings. The average Bonchev–Trinajstić information content (AvgIpc) is 2.74. The minimum atomic E-state index is 0.237. The molecule has 7 nitrogen and oxygen atoms in total. The maximum absolute atomic E-state index is 5.48. The van der Waals surface area contributed by atoms with Gasteiger partial charge in [-0.2, -0.15) is 0 Å². The van der Waals surface area contributed by atoms with Gasteiger partial charge in [0.1, 0.15) is 5.75 Å². The summed E-state index contributed by atoms with van der Waals surface area (Å²) in [6.07, 6.45) is 0.916. The van der Waals surface area contributed by atoms with E-state index in [2.05, 4.69) is 46.5 Å². The predicted molar refractivity (Wildman–Crippen MR) is 115 cm³/mol. The molecular formula is C21H38N4O3. The number of methoxy groups -OCH3 is 2. The van der Waals surface area contributed by atoms with Crippen LogP contribution in [-0.2, 0) is 9.47 Å². The number of likely N-dealkylation sites (N-methyl/N-ethyl adjacent to an activating group) is 1. The van der Waals surface area contributed by atoms with Crippen LogP contribution in [0, 0.1) is 0 Å². The molecule has 0 aromatic heterocycles. The van der Waals surface area contributed by atoms with Crippen LogP contribution in [0.2, 0.25) is 0 Å². The van der Waals surface area contributed by atoms with Crippen molar-refractivity contribution in [3.05, 3.63) is 29.8 Å². The van der Waals surface area contributed by atoms with E-state index in [1.807, 2.05) is 12.1 Å². The quantitative estimate of drug-likeness (QED) is 0.287. The molecule has 0 fully saturated rings. The van der Waals surface area contributed by atoms with Crippen LogP contribution in [0.25, 0.3) is 0 Å².